The van der Waals surface area contributed by atoms with Crippen LogP contribution in [0.15, 0.2) is 24.3 Å². The minimum absolute atomic E-state index is 0.0752. The summed E-state index contributed by atoms with van der Waals surface area (Å²) in [5.74, 6) is 0.0752. The summed E-state index contributed by atoms with van der Waals surface area (Å²) in [7, 11) is 0. The van der Waals surface area contributed by atoms with Crippen molar-refractivity contribution >= 4 is 37.6 Å². The Kier molecular flexibility index (Phi) is 5.11. The number of nitrogens with zero attached hydrogens (tertiary/aromatic N) is 1. The van der Waals surface area contributed by atoms with Gasteiger partial charge in [-0.15, -0.1) is 0 Å². The number of halogens is 1. The van der Waals surface area contributed by atoms with Crippen LogP contribution in [0.2, 0.25) is 9.73 Å². The van der Waals surface area contributed by atoms with Crippen LogP contribution in [0.5, 0.6) is 0 Å². The molecule has 1 aromatic carbocycles. The summed E-state index contributed by atoms with van der Waals surface area (Å²) in [4.78, 5) is 13.4. The molecule has 2 N–H and O–H groups in total. The van der Waals surface area contributed by atoms with Crippen molar-refractivity contribution in [2.24, 2.45) is 5.73 Å². The van der Waals surface area contributed by atoms with Crippen molar-refractivity contribution in [3.63, 3.8) is 0 Å². The normalized spacial score (nSPS) is 17.6. The van der Waals surface area contributed by atoms with Crippen LogP contribution in [0.1, 0.15) is 12.8 Å². The van der Waals surface area contributed by atoms with E-state index < -0.39 is 0 Å². The van der Waals surface area contributed by atoms with Gasteiger partial charge in [0.1, 0.15) is 0 Å². The number of nitrogens with two attached hydrogens (primary N) is 1. The monoisotopic (exact) mass is 328 g/mol. The molecule has 98 valence electrons. The van der Waals surface area contributed by atoms with Crippen LogP contribution in [0.25, 0.3) is 0 Å². The summed E-state index contributed by atoms with van der Waals surface area (Å²) in [6.07, 6.45) is 2.19. The molecule has 0 bridgehead atoms. The van der Waals surface area contributed by atoms with E-state index in [9.17, 15) is 4.79 Å². The number of carbonyl (C=O) groups excluding carboxylic acids is 1. The third-order valence-electron chi connectivity index (χ3n) is 3.26. The van der Waals surface area contributed by atoms with Gasteiger partial charge in [0, 0.05) is 0 Å². The molecule has 0 aromatic heterocycles. The molecule has 1 unspecified atom stereocenters. The Hall–Kier alpha value is -0.502. The molecule has 0 saturated carbocycles. The molecule has 18 heavy (non-hydrogen) atoms. The molecule has 0 spiro atoms. The van der Waals surface area contributed by atoms with Crippen LogP contribution in [0.4, 0.5) is 0 Å². The fourth-order valence-electron chi connectivity index (χ4n) is 2.20. The van der Waals surface area contributed by atoms with Gasteiger partial charge in [-0.1, -0.05) is 0 Å². The van der Waals surface area contributed by atoms with Gasteiger partial charge in [0.25, 0.3) is 0 Å². The van der Waals surface area contributed by atoms with Gasteiger partial charge in [0.05, 0.1) is 0 Å². The molecule has 1 aliphatic rings. The summed E-state index contributed by atoms with van der Waals surface area (Å²) < 4.78 is 2.08. The molecule has 1 heterocycles. The summed E-state index contributed by atoms with van der Waals surface area (Å²) in [5.41, 5.74) is 5.38. The SMILES string of the molecule is NCC(=O)N1CCC([AsH]c2ccccc2Cl)CC1. The Morgan fingerprint density at radius 1 is 1.39 bits per heavy atom. The van der Waals surface area contributed by atoms with Crippen LogP contribution < -0.4 is 10.1 Å². The first-order valence-corrected chi connectivity index (χ1v) is 8.83. The van der Waals surface area contributed by atoms with Crippen molar-refractivity contribution in [1.29, 1.82) is 0 Å². The van der Waals surface area contributed by atoms with Crippen molar-refractivity contribution in [1.82, 2.24) is 4.90 Å². The Bertz CT molecular complexity index is 419. The van der Waals surface area contributed by atoms with E-state index >= 15 is 0 Å². The molecule has 5 heteroatoms. The van der Waals surface area contributed by atoms with E-state index in [0.717, 1.165) is 35.7 Å². The summed E-state index contributed by atoms with van der Waals surface area (Å²) >= 11 is 5.99. The summed E-state index contributed by atoms with van der Waals surface area (Å²) in [6, 6.07) is 8.13. The van der Waals surface area contributed by atoms with Crippen LogP contribution in [-0.2, 0) is 4.79 Å². The molecule has 3 nitrogen and oxygen atoms in total. The van der Waals surface area contributed by atoms with E-state index in [4.69, 9.17) is 17.3 Å². The molecular weight excluding hydrogens is 311 g/mol. The van der Waals surface area contributed by atoms with Gasteiger partial charge in [-0.3, -0.25) is 0 Å². The van der Waals surface area contributed by atoms with Crippen LogP contribution in [-0.4, -0.2) is 46.2 Å². The van der Waals surface area contributed by atoms with Crippen LogP contribution >= 0.6 is 11.6 Å². The van der Waals surface area contributed by atoms with E-state index in [1.165, 1.54) is 4.35 Å². The number of benzene rings is 1. The summed E-state index contributed by atoms with van der Waals surface area (Å²) in [6.45, 7) is 1.84. The van der Waals surface area contributed by atoms with Crippen molar-refractivity contribution in [3.05, 3.63) is 29.3 Å². The molecule has 1 amide bonds. The quantitative estimate of drug-likeness (QED) is 0.833. The third-order valence-corrected chi connectivity index (χ3v) is 7.55. The molecule has 2 rings (SSSR count). The maximum atomic E-state index is 11.5. The first kappa shape index (κ1) is 13.9. The maximum absolute atomic E-state index is 11.5. The van der Waals surface area contributed by atoms with Crippen molar-refractivity contribution in [3.8, 4) is 0 Å². The number of rotatable bonds is 3. The fraction of sp³-hybridized carbons (Fsp3) is 0.462. The van der Waals surface area contributed by atoms with E-state index in [1.54, 1.807) is 0 Å². The van der Waals surface area contributed by atoms with Gasteiger partial charge >= 0.3 is 120 Å². The predicted octanol–water partition coefficient (Wildman–Crippen LogP) is 0.771. The minimum atomic E-state index is -0.206. The Morgan fingerprint density at radius 3 is 2.67 bits per heavy atom. The molecule has 1 atom stereocenters. The molecule has 1 fully saturated rings. The first-order valence-electron chi connectivity index (χ1n) is 6.19. The zero-order chi connectivity index (χ0) is 13.0. The van der Waals surface area contributed by atoms with E-state index in [2.05, 4.69) is 12.1 Å². The number of amides is 1. The molecule has 1 aromatic rings. The second-order valence-electron chi connectivity index (χ2n) is 4.48. The molecule has 1 saturated heterocycles. The summed E-state index contributed by atoms with van der Waals surface area (Å²) in [5, 5.41) is 0.901. The van der Waals surface area contributed by atoms with E-state index in [-0.39, 0.29) is 28.2 Å². The van der Waals surface area contributed by atoms with Gasteiger partial charge < -0.3 is 0 Å². The van der Waals surface area contributed by atoms with Gasteiger partial charge in [-0.2, -0.15) is 0 Å². The Balaban J connectivity index is 1.87. The second-order valence-corrected chi connectivity index (χ2v) is 8.34. The van der Waals surface area contributed by atoms with Gasteiger partial charge in [0.15, 0.2) is 0 Å². The third kappa shape index (κ3) is 3.50. The Labute approximate surface area is 119 Å². The number of hydrogen-bond donors (Lipinski definition) is 1. The zero-order valence-corrected chi connectivity index (χ0v) is 13.1. The van der Waals surface area contributed by atoms with Crippen LogP contribution in [0.3, 0.4) is 0 Å². The van der Waals surface area contributed by atoms with Gasteiger partial charge in [-0.25, -0.2) is 0 Å². The zero-order valence-electron chi connectivity index (χ0n) is 10.2. The van der Waals surface area contributed by atoms with Crippen molar-refractivity contribution < 1.29 is 4.79 Å². The number of carbonyl (C=O) groups is 1. The predicted molar refractivity (Wildman–Crippen MR) is 76.9 cm³/mol. The number of piperidine rings is 1. The standard InChI is InChI=1S/C13H18AsClN2O/c15-12-4-2-1-3-11(12)14-10-5-7-17(8-6-10)13(18)9-16/h1-4,10,14H,5-9,16H2. The average Bonchev–Trinajstić information content (AvgIpc) is 2.41. The Morgan fingerprint density at radius 2 is 2.06 bits per heavy atom. The fourth-order valence-corrected chi connectivity index (χ4v) is 5.56. The van der Waals surface area contributed by atoms with E-state index in [0.29, 0.717) is 0 Å². The second kappa shape index (κ2) is 6.60. The van der Waals surface area contributed by atoms with Crippen LogP contribution in [0, 0.1) is 0 Å². The van der Waals surface area contributed by atoms with Crippen molar-refractivity contribution in [2.75, 3.05) is 19.6 Å². The number of hydrogen-bond acceptors (Lipinski definition) is 2. The number of likely N-dealkylation sites (tertiary alicyclic amines) is 1. The molecular formula is C13H18AsClN2O. The molecule has 1 aliphatic heterocycles. The van der Waals surface area contributed by atoms with E-state index in [1.807, 2.05) is 17.0 Å². The molecule has 0 radical (unpaired) electrons. The topological polar surface area (TPSA) is 46.3 Å². The first-order chi connectivity index (χ1) is 8.70. The van der Waals surface area contributed by atoms with Crippen molar-refractivity contribution in [2.45, 2.75) is 17.5 Å². The van der Waals surface area contributed by atoms with Gasteiger partial charge in [-0.05, 0) is 0 Å². The average molecular weight is 329 g/mol. The molecule has 0 aliphatic carbocycles. The van der Waals surface area contributed by atoms with Gasteiger partial charge in [0.2, 0.25) is 0 Å².